The topological polar surface area (TPSA) is 48.3 Å². The van der Waals surface area contributed by atoms with Gasteiger partial charge in [0.2, 0.25) is 0 Å². The third-order valence-corrected chi connectivity index (χ3v) is 2.87. The van der Waals surface area contributed by atoms with Crippen molar-refractivity contribution in [2.24, 2.45) is 0 Å². The molecule has 1 N–H and O–H groups in total. The van der Waals surface area contributed by atoms with Crippen molar-refractivity contribution in [3.05, 3.63) is 0 Å². The number of nitriles is 1. The van der Waals surface area contributed by atoms with E-state index in [-0.39, 0.29) is 0 Å². The molecule has 0 aromatic heterocycles. The number of rotatable bonds is 5. The lowest BCUT2D eigenvalue weighted by Crippen LogP contribution is -2.51. The predicted octanol–water partition coefficient (Wildman–Crippen LogP) is 0.991. The third kappa shape index (κ3) is 4.48. The molecule has 4 nitrogen and oxygen atoms in total. The molecular weight excluding hydrogens is 202 g/mol. The first-order valence-electron chi connectivity index (χ1n) is 6.16. The van der Waals surface area contributed by atoms with Crippen molar-refractivity contribution in [3.63, 3.8) is 0 Å². The summed E-state index contributed by atoms with van der Waals surface area (Å²) in [5.74, 6) is 0. The molecule has 0 aliphatic carbocycles. The molecular formula is C12H23N3O. The van der Waals surface area contributed by atoms with Gasteiger partial charge in [-0.25, -0.2) is 0 Å². The van der Waals surface area contributed by atoms with E-state index in [4.69, 9.17) is 4.74 Å². The molecule has 16 heavy (non-hydrogen) atoms. The van der Waals surface area contributed by atoms with E-state index in [1.54, 1.807) is 0 Å². The fourth-order valence-corrected chi connectivity index (χ4v) is 1.93. The first-order chi connectivity index (χ1) is 7.70. The largest absolute Gasteiger partial charge is 0.380 e. The molecule has 0 amide bonds. The fourth-order valence-electron chi connectivity index (χ4n) is 1.93. The van der Waals surface area contributed by atoms with Crippen LogP contribution in [0.3, 0.4) is 0 Å². The van der Waals surface area contributed by atoms with Crippen molar-refractivity contribution in [1.82, 2.24) is 10.2 Å². The molecule has 1 saturated heterocycles. The van der Waals surface area contributed by atoms with Crippen molar-refractivity contribution in [2.45, 2.75) is 32.2 Å². The zero-order valence-corrected chi connectivity index (χ0v) is 10.5. The maximum absolute atomic E-state index is 9.24. The molecule has 0 radical (unpaired) electrons. The number of nitrogens with one attached hydrogen (secondary N) is 1. The summed E-state index contributed by atoms with van der Waals surface area (Å²) in [5.41, 5.74) is -0.430. The molecule has 1 aliphatic heterocycles. The van der Waals surface area contributed by atoms with Crippen LogP contribution in [-0.4, -0.2) is 49.8 Å². The van der Waals surface area contributed by atoms with Gasteiger partial charge in [-0.05, 0) is 26.3 Å². The van der Waals surface area contributed by atoms with Gasteiger partial charge in [-0.1, -0.05) is 6.92 Å². The highest BCUT2D eigenvalue weighted by Crippen LogP contribution is 2.08. The Balaban J connectivity index is 2.44. The van der Waals surface area contributed by atoms with E-state index in [2.05, 4.69) is 23.2 Å². The molecule has 92 valence electrons. The number of hydrogen-bond acceptors (Lipinski definition) is 4. The second-order valence-corrected chi connectivity index (χ2v) is 4.61. The average molecular weight is 225 g/mol. The van der Waals surface area contributed by atoms with Gasteiger partial charge in [0.25, 0.3) is 0 Å². The number of ether oxygens (including phenoxy) is 1. The summed E-state index contributed by atoms with van der Waals surface area (Å²) in [6, 6.07) is 2.39. The lowest BCUT2D eigenvalue weighted by Gasteiger charge is -2.30. The molecule has 1 aliphatic rings. The van der Waals surface area contributed by atoms with E-state index in [1.807, 2.05) is 6.92 Å². The van der Waals surface area contributed by atoms with Crippen LogP contribution in [-0.2, 0) is 4.74 Å². The van der Waals surface area contributed by atoms with Crippen molar-refractivity contribution in [3.8, 4) is 6.07 Å². The van der Waals surface area contributed by atoms with E-state index in [0.29, 0.717) is 0 Å². The summed E-state index contributed by atoms with van der Waals surface area (Å²) < 4.78 is 5.41. The SMILES string of the molecule is CCCNC(C)(C#N)CN1CCCOCC1. The molecule has 0 aromatic carbocycles. The Morgan fingerprint density at radius 1 is 1.44 bits per heavy atom. The summed E-state index contributed by atoms with van der Waals surface area (Å²) in [4.78, 5) is 2.32. The zero-order chi connectivity index (χ0) is 11.9. The van der Waals surface area contributed by atoms with E-state index in [1.165, 1.54) is 0 Å². The highest BCUT2D eigenvalue weighted by Gasteiger charge is 2.26. The second kappa shape index (κ2) is 6.85. The van der Waals surface area contributed by atoms with Gasteiger partial charge in [0.15, 0.2) is 0 Å². The maximum Gasteiger partial charge on any atom is 0.116 e. The Bertz CT molecular complexity index is 231. The second-order valence-electron chi connectivity index (χ2n) is 4.61. The number of nitrogens with zero attached hydrogens (tertiary/aromatic N) is 2. The zero-order valence-electron chi connectivity index (χ0n) is 10.5. The molecule has 0 saturated carbocycles. The monoisotopic (exact) mass is 225 g/mol. The molecule has 1 heterocycles. The van der Waals surface area contributed by atoms with Crippen LogP contribution in [0.1, 0.15) is 26.7 Å². The molecule has 0 bridgehead atoms. The van der Waals surface area contributed by atoms with Crippen molar-refractivity contribution in [1.29, 1.82) is 5.26 Å². The van der Waals surface area contributed by atoms with Crippen LogP contribution in [0.2, 0.25) is 0 Å². The standard InChI is InChI=1S/C12H23N3O/c1-3-5-14-12(2,10-13)11-15-6-4-8-16-9-7-15/h14H,3-9,11H2,1-2H3. The molecule has 1 rings (SSSR count). The van der Waals surface area contributed by atoms with Crippen LogP contribution in [0.25, 0.3) is 0 Å². The third-order valence-electron chi connectivity index (χ3n) is 2.87. The fraction of sp³-hybridized carbons (Fsp3) is 0.917. The van der Waals surface area contributed by atoms with E-state index >= 15 is 0 Å². The average Bonchev–Trinajstić information content (AvgIpc) is 2.55. The van der Waals surface area contributed by atoms with Crippen LogP contribution < -0.4 is 5.32 Å². The predicted molar refractivity (Wildman–Crippen MR) is 64.2 cm³/mol. The van der Waals surface area contributed by atoms with Gasteiger partial charge in [0.1, 0.15) is 5.54 Å². The van der Waals surface area contributed by atoms with Gasteiger partial charge >= 0.3 is 0 Å². The highest BCUT2D eigenvalue weighted by molar-refractivity contribution is 5.05. The van der Waals surface area contributed by atoms with Crippen LogP contribution in [0, 0.1) is 11.3 Å². The van der Waals surface area contributed by atoms with E-state index in [0.717, 1.165) is 52.2 Å². The summed E-state index contributed by atoms with van der Waals surface area (Å²) in [7, 11) is 0. The Morgan fingerprint density at radius 3 is 2.94 bits per heavy atom. The lowest BCUT2D eigenvalue weighted by molar-refractivity contribution is 0.137. The first-order valence-corrected chi connectivity index (χ1v) is 6.16. The van der Waals surface area contributed by atoms with E-state index in [9.17, 15) is 5.26 Å². The Labute approximate surface area is 98.6 Å². The van der Waals surface area contributed by atoms with Gasteiger partial charge in [0.05, 0.1) is 12.7 Å². The van der Waals surface area contributed by atoms with Gasteiger partial charge < -0.3 is 4.74 Å². The lowest BCUT2D eigenvalue weighted by atomic mass is 10.0. The number of hydrogen-bond donors (Lipinski definition) is 1. The van der Waals surface area contributed by atoms with Gasteiger partial charge in [0, 0.05) is 26.2 Å². The normalized spacial score (nSPS) is 22.1. The molecule has 1 fully saturated rings. The van der Waals surface area contributed by atoms with Crippen LogP contribution >= 0.6 is 0 Å². The Morgan fingerprint density at radius 2 is 2.25 bits per heavy atom. The first kappa shape index (κ1) is 13.4. The maximum atomic E-state index is 9.24. The molecule has 4 heteroatoms. The highest BCUT2D eigenvalue weighted by atomic mass is 16.5. The van der Waals surface area contributed by atoms with Crippen molar-refractivity contribution in [2.75, 3.05) is 39.4 Å². The smallest absolute Gasteiger partial charge is 0.116 e. The van der Waals surface area contributed by atoms with Crippen LogP contribution in [0.5, 0.6) is 0 Å². The van der Waals surface area contributed by atoms with Gasteiger partial charge in [-0.15, -0.1) is 0 Å². The molecule has 1 atom stereocenters. The minimum atomic E-state index is -0.430. The van der Waals surface area contributed by atoms with Crippen molar-refractivity contribution < 1.29 is 4.74 Å². The minimum absolute atomic E-state index is 0.430. The van der Waals surface area contributed by atoms with Gasteiger partial charge in [-0.3, -0.25) is 10.2 Å². The van der Waals surface area contributed by atoms with E-state index < -0.39 is 5.54 Å². The van der Waals surface area contributed by atoms with Crippen LogP contribution in [0.15, 0.2) is 0 Å². The van der Waals surface area contributed by atoms with Crippen molar-refractivity contribution >= 4 is 0 Å². The molecule has 0 spiro atoms. The summed E-state index contributed by atoms with van der Waals surface area (Å²) in [5, 5.41) is 12.6. The summed E-state index contributed by atoms with van der Waals surface area (Å²) in [6.45, 7) is 9.38. The quantitative estimate of drug-likeness (QED) is 0.758. The van der Waals surface area contributed by atoms with Crippen LogP contribution in [0.4, 0.5) is 0 Å². The molecule has 0 aromatic rings. The summed E-state index contributed by atoms with van der Waals surface area (Å²) in [6.07, 6.45) is 2.12. The Hall–Kier alpha value is -0.630. The minimum Gasteiger partial charge on any atom is -0.380 e. The summed E-state index contributed by atoms with van der Waals surface area (Å²) >= 11 is 0. The molecule has 1 unspecified atom stereocenters. The van der Waals surface area contributed by atoms with Gasteiger partial charge in [-0.2, -0.15) is 5.26 Å². The Kier molecular flexibility index (Phi) is 5.75.